The van der Waals surface area contributed by atoms with Gasteiger partial charge in [0.1, 0.15) is 5.82 Å². The van der Waals surface area contributed by atoms with Crippen LogP contribution in [-0.4, -0.2) is 17.0 Å². The molecule has 0 saturated carbocycles. The Morgan fingerprint density at radius 1 is 1.00 bits per heavy atom. The number of aromatic carboxylic acids is 1. The molecular formula is C20H13Cl2FN2O3. The summed E-state index contributed by atoms with van der Waals surface area (Å²) in [6.07, 6.45) is 0. The van der Waals surface area contributed by atoms with E-state index in [1.807, 2.05) is 0 Å². The molecule has 142 valence electrons. The number of benzene rings is 3. The van der Waals surface area contributed by atoms with E-state index in [4.69, 9.17) is 38.5 Å². The lowest BCUT2D eigenvalue weighted by Crippen LogP contribution is -2.12. The average Bonchev–Trinajstić information content (AvgIpc) is 2.66. The van der Waals surface area contributed by atoms with Gasteiger partial charge in [-0.1, -0.05) is 41.4 Å². The number of hydrogen-bond donors (Lipinski definition) is 3. The zero-order valence-electron chi connectivity index (χ0n) is 14.2. The van der Waals surface area contributed by atoms with Crippen molar-refractivity contribution in [2.75, 3.05) is 5.32 Å². The highest BCUT2D eigenvalue weighted by atomic mass is 35.5. The van der Waals surface area contributed by atoms with Crippen molar-refractivity contribution in [2.45, 2.75) is 0 Å². The van der Waals surface area contributed by atoms with Gasteiger partial charge in [-0.2, -0.15) is 0 Å². The van der Waals surface area contributed by atoms with E-state index in [-0.39, 0.29) is 32.9 Å². The zero-order chi connectivity index (χ0) is 20.3. The Hall–Kier alpha value is -3.09. The third-order valence-corrected chi connectivity index (χ3v) is 4.38. The van der Waals surface area contributed by atoms with Gasteiger partial charge in [0.2, 0.25) is 5.90 Å². The number of hydrogen-bond acceptors (Lipinski definition) is 4. The molecule has 0 atom stereocenters. The number of rotatable bonds is 5. The van der Waals surface area contributed by atoms with Crippen LogP contribution in [0, 0.1) is 11.2 Å². The van der Waals surface area contributed by atoms with Gasteiger partial charge in [-0.3, -0.25) is 5.41 Å². The standard InChI is InChI=1S/C20H13Cl2FN2O3/c21-13-5-3-6-14(22)18(13)28-19(24)12-4-1-2-7-16(12)25-17-9-8-11(20(26)27)10-15(17)23/h1-10,24-25H,(H,26,27). The van der Waals surface area contributed by atoms with Gasteiger partial charge in [0, 0.05) is 0 Å². The molecule has 0 radical (unpaired) electrons. The smallest absolute Gasteiger partial charge is 0.335 e. The van der Waals surface area contributed by atoms with Crippen LogP contribution in [0.2, 0.25) is 10.0 Å². The first kappa shape index (κ1) is 19.7. The predicted molar refractivity (Wildman–Crippen MR) is 107 cm³/mol. The van der Waals surface area contributed by atoms with Crippen LogP contribution < -0.4 is 10.1 Å². The first-order valence-electron chi connectivity index (χ1n) is 7.96. The second-order valence-electron chi connectivity index (χ2n) is 5.65. The normalized spacial score (nSPS) is 10.4. The van der Waals surface area contributed by atoms with Crippen LogP contribution in [0.15, 0.2) is 60.7 Å². The number of anilines is 2. The maximum atomic E-state index is 14.2. The number of carbonyl (C=O) groups is 1. The zero-order valence-corrected chi connectivity index (χ0v) is 15.7. The van der Waals surface area contributed by atoms with Gasteiger partial charge < -0.3 is 15.2 Å². The van der Waals surface area contributed by atoms with Crippen LogP contribution in [0.4, 0.5) is 15.8 Å². The molecule has 8 heteroatoms. The van der Waals surface area contributed by atoms with Crippen LogP contribution in [0.1, 0.15) is 15.9 Å². The molecule has 0 amide bonds. The molecule has 0 aliphatic heterocycles. The maximum absolute atomic E-state index is 14.2. The number of carboxylic acid groups (broad SMARTS) is 1. The van der Waals surface area contributed by atoms with E-state index in [1.54, 1.807) is 42.5 Å². The Bertz CT molecular complexity index is 1050. The summed E-state index contributed by atoms with van der Waals surface area (Å²) in [7, 11) is 0. The number of halogens is 3. The Kier molecular flexibility index (Phi) is 5.82. The van der Waals surface area contributed by atoms with E-state index < -0.39 is 11.8 Å². The topological polar surface area (TPSA) is 82.4 Å². The molecule has 5 nitrogen and oxygen atoms in total. The molecule has 3 rings (SSSR count). The highest BCUT2D eigenvalue weighted by molar-refractivity contribution is 6.37. The predicted octanol–water partition coefficient (Wildman–Crippen LogP) is 5.98. The molecule has 3 aromatic carbocycles. The Morgan fingerprint density at radius 2 is 1.68 bits per heavy atom. The minimum Gasteiger partial charge on any atom is -0.478 e. The molecule has 3 N–H and O–H groups in total. The molecule has 0 spiro atoms. The van der Waals surface area contributed by atoms with Crippen LogP contribution in [0.5, 0.6) is 5.75 Å². The first-order chi connectivity index (χ1) is 13.4. The summed E-state index contributed by atoms with van der Waals surface area (Å²) in [5, 5.41) is 20.5. The molecule has 0 aliphatic carbocycles. The number of nitrogens with one attached hydrogen (secondary N) is 2. The van der Waals surface area contributed by atoms with Crippen molar-refractivity contribution < 1.29 is 19.0 Å². The van der Waals surface area contributed by atoms with E-state index >= 15 is 0 Å². The van der Waals surface area contributed by atoms with Gasteiger partial charge in [-0.25, -0.2) is 9.18 Å². The molecule has 3 aromatic rings. The summed E-state index contributed by atoms with van der Waals surface area (Å²) >= 11 is 12.1. The van der Waals surface area contributed by atoms with Crippen molar-refractivity contribution in [2.24, 2.45) is 0 Å². The fraction of sp³-hybridized carbons (Fsp3) is 0. The van der Waals surface area contributed by atoms with Gasteiger partial charge in [0.25, 0.3) is 0 Å². The molecule has 0 bridgehead atoms. The summed E-state index contributed by atoms with van der Waals surface area (Å²) in [4.78, 5) is 10.9. The third-order valence-electron chi connectivity index (χ3n) is 3.78. The fourth-order valence-corrected chi connectivity index (χ4v) is 2.90. The highest BCUT2D eigenvalue weighted by Crippen LogP contribution is 2.33. The second kappa shape index (κ2) is 8.29. The van der Waals surface area contributed by atoms with E-state index in [0.717, 1.165) is 6.07 Å². The molecular weight excluding hydrogens is 406 g/mol. The maximum Gasteiger partial charge on any atom is 0.335 e. The number of para-hydroxylation sites is 2. The van der Waals surface area contributed by atoms with Crippen molar-refractivity contribution in [1.29, 1.82) is 5.41 Å². The summed E-state index contributed by atoms with van der Waals surface area (Å²) in [5.74, 6) is -2.07. The summed E-state index contributed by atoms with van der Waals surface area (Å²) < 4.78 is 19.8. The molecule has 0 heterocycles. The minimum atomic E-state index is -1.22. The molecule has 0 aromatic heterocycles. The summed E-state index contributed by atoms with van der Waals surface area (Å²) in [6.45, 7) is 0. The molecule has 0 saturated heterocycles. The molecule has 0 unspecified atom stereocenters. The lowest BCUT2D eigenvalue weighted by atomic mass is 10.1. The van der Waals surface area contributed by atoms with Crippen molar-refractivity contribution in [3.63, 3.8) is 0 Å². The van der Waals surface area contributed by atoms with Gasteiger partial charge in [0.05, 0.1) is 32.5 Å². The van der Waals surface area contributed by atoms with Crippen LogP contribution in [0.25, 0.3) is 0 Å². The van der Waals surface area contributed by atoms with Gasteiger partial charge in [-0.05, 0) is 42.5 Å². The third kappa shape index (κ3) is 4.24. The molecule has 28 heavy (non-hydrogen) atoms. The van der Waals surface area contributed by atoms with Crippen molar-refractivity contribution in [1.82, 2.24) is 0 Å². The monoisotopic (exact) mass is 418 g/mol. The van der Waals surface area contributed by atoms with Crippen molar-refractivity contribution in [3.05, 3.63) is 87.7 Å². The van der Waals surface area contributed by atoms with E-state index in [1.165, 1.54) is 12.1 Å². The highest BCUT2D eigenvalue weighted by Gasteiger charge is 2.16. The quantitative estimate of drug-likeness (QED) is 0.351. The SMILES string of the molecule is N=C(Oc1c(Cl)cccc1Cl)c1ccccc1Nc1ccc(C(=O)O)cc1F. The Labute approximate surface area is 169 Å². The molecule has 0 aliphatic rings. The van der Waals surface area contributed by atoms with Crippen LogP contribution in [0.3, 0.4) is 0 Å². The lowest BCUT2D eigenvalue weighted by molar-refractivity contribution is 0.0696. The lowest BCUT2D eigenvalue weighted by Gasteiger charge is -2.15. The average molecular weight is 419 g/mol. The van der Waals surface area contributed by atoms with Crippen molar-refractivity contribution >= 4 is 46.4 Å². The van der Waals surface area contributed by atoms with E-state index in [2.05, 4.69) is 5.32 Å². The summed E-state index contributed by atoms with van der Waals surface area (Å²) in [5.41, 5.74) is 0.611. The van der Waals surface area contributed by atoms with Gasteiger partial charge >= 0.3 is 5.97 Å². The number of ether oxygens (including phenoxy) is 1. The van der Waals surface area contributed by atoms with Crippen LogP contribution >= 0.6 is 23.2 Å². The Balaban J connectivity index is 1.89. The van der Waals surface area contributed by atoms with Crippen molar-refractivity contribution in [3.8, 4) is 5.75 Å². The first-order valence-corrected chi connectivity index (χ1v) is 8.72. The Morgan fingerprint density at radius 3 is 2.32 bits per heavy atom. The molecule has 0 fully saturated rings. The van der Waals surface area contributed by atoms with E-state index in [0.29, 0.717) is 11.3 Å². The largest absolute Gasteiger partial charge is 0.478 e. The number of carboxylic acids is 1. The summed E-state index contributed by atoms with van der Waals surface area (Å²) in [6, 6.07) is 15.0. The van der Waals surface area contributed by atoms with E-state index in [9.17, 15) is 9.18 Å². The fourth-order valence-electron chi connectivity index (χ4n) is 2.42. The minimum absolute atomic E-state index is 0.0565. The van der Waals surface area contributed by atoms with Crippen LogP contribution in [-0.2, 0) is 0 Å². The van der Waals surface area contributed by atoms with Gasteiger partial charge in [0.15, 0.2) is 5.75 Å². The van der Waals surface area contributed by atoms with Gasteiger partial charge in [-0.15, -0.1) is 0 Å². The second-order valence-corrected chi connectivity index (χ2v) is 6.47.